The molecule has 42 heavy (non-hydrogen) atoms. The number of hydrogen-bond acceptors (Lipinski definition) is 10. The van der Waals surface area contributed by atoms with Gasteiger partial charge in [-0.05, 0) is 47.9 Å². The Morgan fingerprint density at radius 1 is 1.02 bits per heavy atom. The van der Waals surface area contributed by atoms with E-state index in [9.17, 15) is 14.7 Å². The Balaban J connectivity index is 1.41. The number of aromatic nitrogens is 2. The summed E-state index contributed by atoms with van der Waals surface area (Å²) in [6.07, 6.45) is 0.820. The number of ketones is 1. The quantitative estimate of drug-likeness (QED) is 0.0810. The van der Waals surface area contributed by atoms with Crippen LogP contribution in [0.3, 0.4) is 0 Å². The lowest BCUT2D eigenvalue weighted by Gasteiger charge is -2.23. The van der Waals surface area contributed by atoms with E-state index in [0.29, 0.717) is 58.3 Å². The molecule has 0 aliphatic carbocycles. The smallest absolute Gasteiger partial charge is 0.301 e. The van der Waals surface area contributed by atoms with Gasteiger partial charge in [-0.25, -0.2) is 0 Å². The predicted molar refractivity (Wildman–Crippen MR) is 160 cm³/mol. The van der Waals surface area contributed by atoms with Crippen LogP contribution in [0.1, 0.15) is 36.1 Å². The number of fused-ring (bicyclic) bond motifs is 1. The molecule has 0 spiro atoms. The maximum atomic E-state index is 13.6. The van der Waals surface area contributed by atoms with Gasteiger partial charge in [-0.2, -0.15) is 0 Å². The molecule has 11 heteroatoms. The van der Waals surface area contributed by atoms with Gasteiger partial charge in [0.2, 0.25) is 5.13 Å². The molecule has 3 aromatic carbocycles. The SMILES string of the molecule is CCCOc1cccc(C2/C(=C(/O)c3ccc4c(c3)OCCO4)C(=O)C(=O)N2c2nnc(SCc3ccccc3)s2)c1. The zero-order valence-corrected chi connectivity index (χ0v) is 24.3. The van der Waals surface area contributed by atoms with Crippen LogP contribution in [0.5, 0.6) is 17.2 Å². The summed E-state index contributed by atoms with van der Waals surface area (Å²) in [5, 5.41) is 20.4. The van der Waals surface area contributed by atoms with Crippen molar-refractivity contribution in [1.82, 2.24) is 10.2 Å². The first-order valence-electron chi connectivity index (χ1n) is 13.5. The normalized spacial score (nSPS) is 17.5. The highest BCUT2D eigenvalue weighted by atomic mass is 32.2. The van der Waals surface area contributed by atoms with Crippen molar-refractivity contribution in [2.45, 2.75) is 29.5 Å². The zero-order chi connectivity index (χ0) is 29.1. The van der Waals surface area contributed by atoms with Crippen LogP contribution in [0.4, 0.5) is 5.13 Å². The fourth-order valence-corrected chi connectivity index (χ4v) is 6.59. The first-order valence-corrected chi connectivity index (χ1v) is 15.3. The van der Waals surface area contributed by atoms with Gasteiger partial charge >= 0.3 is 5.91 Å². The van der Waals surface area contributed by atoms with Crippen molar-refractivity contribution in [3.05, 3.63) is 95.1 Å². The maximum absolute atomic E-state index is 13.6. The Morgan fingerprint density at radius 2 is 1.83 bits per heavy atom. The van der Waals surface area contributed by atoms with Crippen molar-refractivity contribution >= 4 is 45.7 Å². The number of anilines is 1. The number of carbonyl (C=O) groups is 2. The van der Waals surface area contributed by atoms with Crippen LogP contribution in [-0.2, 0) is 15.3 Å². The van der Waals surface area contributed by atoms with Crippen molar-refractivity contribution in [1.29, 1.82) is 0 Å². The average Bonchev–Trinajstić information content (AvgIpc) is 3.60. The van der Waals surface area contributed by atoms with E-state index in [1.54, 1.807) is 36.4 Å². The summed E-state index contributed by atoms with van der Waals surface area (Å²) in [5.74, 6) is 0.339. The van der Waals surface area contributed by atoms with E-state index in [1.807, 2.05) is 43.3 Å². The molecule has 0 bridgehead atoms. The third-order valence-corrected chi connectivity index (χ3v) is 8.84. The molecule has 6 rings (SSSR count). The van der Waals surface area contributed by atoms with E-state index in [0.717, 1.165) is 12.0 Å². The van der Waals surface area contributed by atoms with Crippen LogP contribution in [0.15, 0.2) is 82.7 Å². The second kappa shape index (κ2) is 12.3. The molecule has 214 valence electrons. The minimum atomic E-state index is -0.955. The molecule has 4 aromatic rings. The number of rotatable bonds is 9. The summed E-state index contributed by atoms with van der Waals surface area (Å²) >= 11 is 2.72. The van der Waals surface area contributed by atoms with Gasteiger partial charge in [-0.3, -0.25) is 14.5 Å². The Bertz CT molecular complexity index is 1660. The minimum Gasteiger partial charge on any atom is -0.507 e. The average molecular weight is 602 g/mol. The van der Waals surface area contributed by atoms with Crippen molar-refractivity contribution in [2.24, 2.45) is 0 Å². The third kappa shape index (κ3) is 5.57. The molecule has 2 aliphatic rings. The highest BCUT2D eigenvalue weighted by Crippen LogP contribution is 2.45. The number of benzene rings is 3. The first kappa shape index (κ1) is 27.8. The summed E-state index contributed by atoms with van der Waals surface area (Å²) in [4.78, 5) is 28.5. The van der Waals surface area contributed by atoms with E-state index in [-0.39, 0.29) is 16.5 Å². The number of aliphatic hydroxyl groups is 1. The molecular weight excluding hydrogens is 574 g/mol. The number of hydrogen-bond donors (Lipinski definition) is 1. The lowest BCUT2D eigenvalue weighted by atomic mass is 9.95. The second-order valence-corrected chi connectivity index (χ2v) is 11.8. The summed E-state index contributed by atoms with van der Waals surface area (Å²) in [5.41, 5.74) is 1.99. The van der Waals surface area contributed by atoms with Gasteiger partial charge in [0.25, 0.3) is 5.78 Å². The Morgan fingerprint density at radius 3 is 2.64 bits per heavy atom. The number of nitrogens with zero attached hydrogens (tertiary/aromatic N) is 3. The number of Topliss-reactive ketones (excluding diaryl/α,β-unsaturated/α-hetero) is 1. The van der Waals surface area contributed by atoms with Gasteiger partial charge in [0.1, 0.15) is 24.7 Å². The fourth-order valence-electron chi connectivity index (χ4n) is 4.76. The summed E-state index contributed by atoms with van der Waals surface area (Å²) < 4.78 is 17.8. The van der Waals surface area contributed by atoms with E-state index in [1.165, 1.54) is 28.0 Å². The number of amides is 1. The number of thioether (sulfide) groups is 1. The molecule has 9 nitrogen and oxygen atoms in total. The Labute approximate surface area is 250 Å². The van der Waals surface area contributed by atoms with Gasteiger partial charge < -0.3 is 19.3 Å². The van der Waals surface area contributed by atoms with E-state index >= 15 is 0 Å². The number of aliphatic hydroxyl groups excluding tert-OH is 1. The topological polar surface area (TPSA) is 111 Å². The van der Waals surface area contributed by atoms with Gasteiger partial charge in [-0.1, -0.05) is 72.5 Å². The molecule has 1 saturated heterocycles. The van der Waals surface area contributed by atoms with Gasteiger partial charge in [0.15, 0.2) is 15.8 Å². The molecule has 1 fully saturated rings. The fraction of sp³-hybridized carbons (Fsp3) is 0.226. The van der Waals surface area contributed by atoms with Crippen molar-refractivity contribution in [2.75, 3.05) is 24.7 Å². The zero-order valence-electron chi connectivity index (χ0n) is 22.7. The van der Waals surface area contributed by atoms with E-state index in [2.05, 4.69) is 10.2 Å². The van der Waals surface area contributed by atoms with Crippen LogP contribution < -0.4 is 19.1 Å². The summed E-state index contributed by atoms with van der Waals surface area (Å²) in [6.45, 7) is 3.31. The minimum absolute atomic E-state index is 0.0574. The van der Waals surface area contributed by atoms with Gasteiger partial charge in [0, 0.05) is 11.3 Å². The highest BCUT2D eigenvalue weighted by molar-refractivity contribution is 8.00. The lowest BCUT2D eigenvalue weighted by molar-refractivity contribution is -0.132. The van der Waals surface area contributed by atoms with Crippen LogP contribution in [0.25, 0.3) is 5.76 Å². The van der Waals surface area contributed by atoms with Crippen LogP contribution in [0.2, 0.25) is 0 Å². The molecular formula is C31H27N3O6S2. The maximum Gasteiger partial charge on any atom is 0.301 e. The standard InChI is InChI=1S/C31H27N3O6S2/c1-2-13-38-22-10-6-9-20(16-22)26-25(27(35)21-11-12-23-24(17-21)40-15-14-39-23)28(36)29(37)34(26)30-32-33-31(42-30)41-18-19-7-4-3-5-8-19/h3-12,16-17,26,35H,2,13-15,18H2,1H3/b27-25-. The number of carbonyl (C=O) groups excluding carboxylic acids is 2. The summed E-state index contributed by atoms with van der Waals surface area (Å²) in [7, 11) is 0. The van der Waals surface area contributed by atoms with Crippen molar-refractivity contribution in [3.8, 4) is 17.2 Å². The lowest BCUT2D eigenvalue weighted by Crippen LogP contribution is -2.29. The van der Waals surface area contributed by atoms with Gasteiger partial charge in [-0.15, -0.1) is 10.2 Å². The van der Waals surface area contributed by atoms with Crippen LogP contribution in [-0.4, -0.2) is 46.8 Å². The predicted octanol–water partition coefficient (Wildman–Crippen LogP) is 6.02. The number of ether oxygens (including phenoxy) is 3. The first-order chi connectivity index (χ1) is 20.5. The molecule has 0 saturated carbocycles. The van der Waals surface area contributed by atoms with Gasteiger partial charge in [0.05, 0.1) is 18.2 Å². The molecule has 3 heterocycles. The largest absolute Gasteiger partial charge is 0.507 e. The summed E-state index contributed by atoms with van der Waals surface area (Å²) in [6, 6.07) is 21.1. The molecule has 0 radical (unpaired) electrons. The monoisotopic (exact) mass is 601 g/mol. The molecule has 1 atom stereocenters. The van der Waals surface area contributed by atoms with E-state index in [4.69, 9.17) is 14.2 Å². The van der Waals surface area contributed by atoms with Crippen molar-refractivity contribution < 1.29 is 28.9 Å². The highest BCUT2D eigenvalue weighted by Gasteiger charge is 2.48. The molecule has 1 N–H and O–H groups in total. The molecule has 1 aromatic heterocycles. The molecule has 2 aliphatic heterocycles. The second-order valence-electron chi connectivity index (χ2n) is 9.57. The third-order valence-electron chi connectivity index (χ3n) is 6.71. The van der Waals surface area contributed by atoms with E-state index < -0.39 is 17.7 Å². The molecule has 1 amide bonds. The molecule has 1 unspecified atom stereocenters. The van der Waals surface area contributed by atoms with Crippen LogP contribution in [0, 0.1) is 0 Å². The Kier molecular flexibility index (Phi) is 8.11. The van der Waals surface area contributed by atoms with Crippen molar-refractivity contribution in [3.63, 3.8) is 0 Å². The van der Waals surface area contributed by atoms with Crippen LogP contribution >= 0.6 is 23.1 Å². The Hall–Kier alpha value is -4.35.